The van der Waals surface area contributed by atoms with Crippen LogP contribution in [0.4, 0.5) is 0 Å². The Balaban J connectivity index is 1.73. The summed E-state index contributed by atoms with van der Waals surface area (Å²) in [5.41, 5.74) is 6.87. The van der Waals surface area contributed by atoms with Gasteiger partial charge in [0.25, 0.3) is 5.91 Å². The minimum atomic E-state index is -0.0885. The summed E-state index contributed by atoms with van der Waals surface area (Å²) in [5, 5.41) is 3.02. The number of hydrogen-bond acceptors (Lipinski definition) is 2. The summed E-state index contributed by atoms with van der Waals surface area (Å²) in [4.78, 5) is 17.1. The number of carbonyl (C=O) groups is 1. The second kappa shape index (κ2) is 8.15. The molecular formula is C25H23N3O. The first-order valence-electron chi connectivity index (χ1n) is 9.65. The molecule has 4 heteroatoms. The first-order chi connectivity index (χ1) is 14.1. The molecule has 0 unspecified atom stereocenters. The molecule has 0 aliphatic heterocycles. The molecule has 0 atom stereocenters. The van der Waals surface area contributed by atoms with Gasteiger partial charge >= 0.3 is 0 Å². The Labute approximate surface area is 170 Å². The third-order valence-electron chi connectivity index (χ3n) is 5.03. The Morgan fingerprint density at radius 2 is 1.72 bits per heavy atom. The van der Waals surface area contributed by atoms with E-state index >= 15 is 0 Å². The summed E-state index contributed by atoms with van der Waals surface area (Å²) >= 11 is 0. The molecule has 1 amide bonds. The maximum atomic E-state index is 13.0. The van der Waals surface area contributed by atoms with Gasteiger partial charge in [-0.05, 0) is 49.2 Å². The number of pyridine rings is 1. The average Bonchev–Trinajstić information content (AvgIpc) is 3.11. The first-order valence-corrected chi connectivity index (χ1v) is 9.65. The van der Waals surface area contributed by atoms with E-state index in [0.29, 0.717) is 12.1 Å². The smallest absolute Gasteiger partial charge is 0.253 e. The third-order valence-corrected chi connectivity index (χ3v) is 5.03. The monoisotopic (exact) mass is 381 g/mol. The molecule has 1 N–H and O–H groups in total. The van der Waals surface area contributed by atoms with Crippen molar-refractivity contribution in [3.8, 4) is 16.9 Å². The molecule has 0 fully saturated rings. The van der Waals surface area contributed by atoms with E-state index in [4.69, 9.17) is 0 Å². The highest BCUT2D eigenvalue weighted by molar-refractivity contribution is 5.97. The predicted octanol–water partition coefficient (Wildman–Crippen LogP) is 5.09. The van der Waals surface area contributed by atoms with E-state index in [1.165, 1.54) is 5.56 Å². The van der Waals surface area contributed by atoms with E-state index < -0.39 is 0 Å². The molecule has 0 bridgehead atoms. The maximum Gasteiger partial charge on any atom is 0.253 e. The maximum absolute atomic E-state index is 13.0. The standard InChI is InChI=1S/C25H23N3O/c1-18-10-12-22(13-11-18)28-19(2)23(15-24(28)21-8-4-3-5-9-21)25(29)27-17-20-7-6-14-26-16-20/h3-16H,17H2,1-2H3,(H,27,29). The number of nitrogens with zero attached hydrogens (tertiary/aromatic N) is 2. The molecule has 2 aromatic heterocycles. The van der Waals surface area contributed by atoms with Gasteiger partial charge in [-0.1, -0.05) is 54.1 Å². The highest BCUT2D eigenvalue weighted by Gasteiger charge is 2.19. The second-order valence-corrected chi connectivity index (χ2v) is 7.11. The van der Waals surface area contributed by atoms with Crippen molar-refractivity contribution in [3.63, 3.8) is 0 Å². The Bertz CT molecular complexity index is 1110. The van der Waals surface area contributed by atoms with Crippen molar-refractivity contribution in [2.75, 3.05) is 0 Å². The molecule has 0 saturated heterocycles. The van der Waals surface area contributed by atoms with E-state index in [-0.39, 0.29) is 5.91 Å². The number of amides is 1. The molecule has 2 aromatic carbocycles. The second-order valence-electron chi connectivity index (χ2n) is 7.11. The van der Waals surface area contributed by atoms with E-state index in [1.54, 1.807) is 12.4 Å². The largest absolute Gasteiger partial charge is 0.348 e. The molecule has 0 spiro atoms. The van der Waals surface area contributed by atoms with Gasteiger partial charge in [-0.3, -0.25) is 9.78 Å². The Kier molecular flexibility index (Phi) is 5.25. The average molecular weight is 381 g/mol. The fraction of sp³-hybridized carbons (Fsp3) is 0.120. The molecule has 4 rings (SSSR count). The van der Waals surface area contributed by atoms with Gasteiger partial charge in [0.05, 0.1) is 11.3 Å². The number of aromatic nitrogens is 2. The van der Waals surface area contributed by atoms with Crippen molar-refractivity contribution in [3.05, 3.63) is 108 Å². The van der Waals surface area contributed by atoms with Crippen LogP contribution in [0.5, 0.6) is 0 Å². The molecule has 144 valence electrons. The summed E-state index contributed by atoms with van der Waals surface area (Å²) in [6.07, 6.45) is 3.49. The number of aryl methyl sites for hydroxylation is 1. The molecular weight excluding hydrogens is 358 g/mol. The van der Waals surface area contributed by atoms with Crippen LogP contribution < -0.4 is 5.32 Å². The highest BCUT2D eigenvalue weighted by Crippen LogP contribution is 2.29. The zero-order valence-corrected chi connectivity index (χ0v) is 16.6. The molecule has 0 aliphatic rings. The Morgan fingerprint density at radius 3 is 2.41 bits per heavy atom. The minimum Gasteiger partial charge on any atom is -0.348 e. The predicted molar refractivity (Wildman–Crippen MR) is 116 cm³/mol. The summed E-state index contributed by atoms with van der Waals surface area (Å²) in [5.74, 6) is -0.0885. The van der Waals surface area contributed by atoms with Crippen LogP contribution in [0.3, 0.4) is 0 Å². The van der Waals surface area contributed by atoms with Gasteiger partial charge in [0.1, 0.15) is 0 Å². The quantitative estimate of drug-likeness (QED) is 0.524. The van der Waals surface area contributed by atoms with Crippen LogP contribution in [0.25, 0.3) is 16.9 Å². The lowest BCUT2D eigenvalue weighted by Gasteiger charge is -2.13. The van der Waals surface area contributed by atoms with E-state index in [2.05, 4.69) is 58.2 Å². The van der Waals surface area contributed by atoms with Crippen LogP contribution in [0.15, 0.2) is 85.2 Å². The minimum absolute atomic E-state index is 0.0885. The number of carbonyl (C=O) groups excluding carboxylic acids is 1. The van der Waals surface area contributed by atoms with Gasteiger partial charge in [0, 0.05) is 30.3 Å². The topological polar surface area (TPSA) is 46.9 Å². The fourth-order valence-electron chi connectivity index (χ4n) is 3.46. The Hall–Kier alpha value is -3.66. The van der Waals surface area contributed by atoms with Crippen molar-refractivity contribution >= 4 is 5.91 Å². The van der Waals surface area contributed by atoms with Crippen molar-refractivity contribution in [1.29, 1.82) is 0 Å². The van der Waals surface area contributed by atoms with Crippen LogP contribution in [0.2, 0.25) is 0 Å². The lowest BCUT2D eigenvalue weighted by Crippen LogP contribution is -2.23. The van der Waals surface area contributed by atoms with Gasteiger partial charge in [-0.25, -0.2) is 0 Å². The first kappa shape index (κ1) is 18.7. The molecule has 0 radical (unpaired) electrons. The fourth-order valence-corrected chi connectivity index (χ4v) is 3.46. The van der Waals surface area contributed by atoms with Crippen LogP contribution in [0, 0.1) is 13.8 Å². The van der Waals surface area contributed by atoms with Crippen LogP contribution in [-0.2, 0) is 6.54 Å². The van der Waals surface area contributed by atoms with Crippen LogP contribution in [0.1, 0.15) is 27.2 Å². The SMILES string of the molecule is Cc1ccc(-n2c(-c3ccccc3)cc(C(=O)NCc3cccnc3)c2C)cc1. The molecule has 0 saturated carbocycles. The summed E-state index contributed by atoms with van der Waals surface area (Å²) < 4.78 is 2.15. The van der Waals surface area contributed by atoms with Crippen LogP contribution >= 0.6 is 0 Å². The normalized spacial score (nSPS) is 10.7. The molecule has 4 nitrogen and oxygen atoms in total. The Morgan fingerprint density at radius 1 is 0.966 bits per heavy atom. The number of rotatable bonds is 5. The lowest BCUT2D eigenvalue weighted by atomic mass is 10.1. The number of benzene rings is 2. The van der Waals surface area contributed by atoms with Gasteiger partial charge in [-0.15, -0.1) is 0 Å². The zero-order chi connectivity index (χ0) is 20.2. The van der Waals surface area contributed by atoms with E-state index in [1.807, 2.05) is 43.3 Å². The zero-order valence-electron chi connectivity index (χ0n) is 16.6. The van der Waals surface area contributed by atoms with E-state index in [9.17, 15) is 4.79 Å². The lowest BCUT2D eigenvalue weighted by molar-refractivity contribution is 0.0950. The summed E-state index contributed by atoms with van der Waals surface area (Å²) in [7, 11) is 0. The molecule has 4 aromatic rings. The van der Waals surface area contributed by atoms with Crippen LogP contribution in [-0.4, -0.2) is 15.5 Å². The van der Waals surface area contributed by atoms with Gasteiger partial charge in [0.15, 0.2) is 0 Å². The third kappa shape index (κ3) is 3.97. The van der Waals surface area contributed by atoms with Gasteiger partial charge in [0.2, 0.25) is 0 Å². The van der Waals surface area contributed by atoms with Crippen molar-refractivity contribution in [1.82, 2.24) is 14.9 Å². The van der Waals surface area contributed by atoms with Gasteiger partial charge in [-0.2, -0.15) is 0 Å². The van der Waals surface area contributed by atoms with Crippen molar-refractivity contribution in [2.24, 2.45) is 0 Å². The van der Waals surface area contributed by atoms with E-state index in [0.717, 1.165) is 28.2 Å². The summed E-state index contributed by atoms with van der Waals surface area (Å²) in [6.45, 7) is 4.51. The molecule has 29 heavy (non-hydrogen) atoms. The van der Waals surface area contributed by atoms with Gasteiger partial charge < -0.3 is 9.88 Å². The molecule has 2 heterocycles. The van der Waals surface area contributed by atoms with Crippen molar-refractivity contribution < 1.29 is 4.79 Å². The number of nitrogens with one attached hydrogen (secondary N) is 1. The molecule has 0 aliphatic carbocycles. The van der Waals surface area contributed by atoms with Crippen molar-refractivity contribution in [2.45, 2.75) is 20.4 Å². The summed E-state index contributed by atoms with van der Waals surface area (Å²) in [6, 6.07) is 24.3. The number of hydrogen-bond donors (Lipinski definition) is 1. The highest BCUT2D eigenvalue weighted by atomic mass is 16.1.